The van der Waals surface area contributed by atoms with E-state index in [9.17, 15) is 0 Å². The number of hydrogen-bond donors (Lipinski definition) is 0. The summed E-state index contributed by atoms with van der Waals surface area (Å²) in [5.74, 6) is 0.640. The average molecular weight is 640 g/mol. The van der Waals surface area contributed by atoms with Gasteiger partial charge in [-0.25, -0.2) is 15.0 Å². The number of para-hydroxylation sites is 3. The number of hydrogen-bond acceptors (Lipinski definition) is 3. The zero-order valence-corrected chi connectivity index (χ0v) is 27.0. The molecule has 50 heavy (non-hydrogen) atoms. The van der Waals surface area contributed by atoms with Crippen LogP contribution in [0.5, 0.6) is 0 Å². The van der Waals surface area contributed by atoms with Crippen molar-refractivity contribution in [3.05, 3.63) is 176 Å². The average Bonchev–Trinajstić information content (AvgIpc) is 3.71. The molecule has 0 spiro atoms. The van der Waals surface area contributed by atoms with Crippen LogP contribution in [0, 0.1) is 0 Å². The van der Waals surface area contributed by atoms with E-state index in [4.69, 9.17) is 15.0 Å². The van der Waals surface area contributed by atoms with E-state index < -0.39 is 0 Å². The van der Waals surface area contributed by atoms with Gasteiger partial charge in [-0.2, -0.15) is 0 Å². The minimum Gasteiger partial charge on any atom is -0.294 e. The maximum absolute atomic E-state index is 5.18. The predicted molar refractivity (Wildman–Crippen MR) is 205 cm³/mol. The summed E-state index contributed by atoms with van der Waals surface area (Å²) in [5, 5.41) is 4.60. The van der Waals surface area contributed by atoms with Crippen LogP contribution in [0.1, 0.15) is 0 Å². The summed E-state index contributed by atoms with van der Waals surface area (Å²) in [6.07, 6.45) is 2.00. The standard InChI is InChI=1S/C45H29N5/c1-4-14-30(15-5-1)39-28-40(31-16-6-2-7-17-31)48-45(47-39)50-42-23-13-10-20-35(42)37-26-32(24-25-43(37)50)33-27-38-36-21-11-12-22-41(36)49(44(38)46-29-33)34-18-8-3-9-19-34/h1-29H. The van der Waals surface area contributed by atoms with E-state index in [0.29, 0.717) is 5.95 Å². The largest absolute Gasteiger partial charge is 0.294 e. The molecule has 5 nitrogen and oxygen atoms in total. The quantitative estimate of drug-likeness (QED) is 0.188. The number of nitrogens with zero attached hydrogens (tertiary/aromatic N) is 5. The normalized spacial score (nSPS) is 11.6. The minimum absolute atomic E-state index is 0.640. The fourth-order valence-electron chi connectivity index (χ4n) is 7.26. The second-order valence-electron chi connectivity index (χ2n) is 12.5. The zero-order chi connectivity index (χ0) is 33.0. The highest BCUT2D eigenvalue weighted by molar-refractivity contribution is 6.11. The molecule has 0 bridgehead atoms. The topological polar surface area (TPSA) is 48.5 Å². The zero-order valence-electron chi connectivity index (χ0n) is 27.0. The lowest BCUT2D eigenvalue weighted by atomic mass is 10.0. The van der Waals surface area contributed by atoms with Gasteiger partial charge in [0.1, 0.15) is 5.65 Å². The highest BCUT2D eigenvalue weighted by atomic mass is 15.2. The van der Waals surface area contributed by atoms with Crippen LogP contribution in [0.3, 0.4) is 0 Å². The Morgan fingerprint density at radius 3 is 1.54 bits per heavy atom. The molecule has 0 aliphatic rings. The molecule has 0 N–H and O–H groups in total. The summed E-state index contributed by atoms with van der Waals surface area (Å²) in [7, 11) is 0. The molecule has 0 fully saturated rings. The molecular formula is C45H29N5. The lowest BCUT2D eigenvalue weighted by Gasteiger charge is -2.12. The highest BCUT2D eigenvalue weighted by Crippen LogP contribution is 2.37. The Hall–Kier alpha value is -6.85. The summed E-state index contributed by atoms with van der Waals surface area (Å²) < 4.78 is 4.45. The first-order valence-corrected chi connectivity index (χ1v) is 16.8. The fourth-order valence-corrected chi connectivity index (χ4v) is 7.26. The first-order chi connectivity index (χ1) is 24.8. The first-order valence-electron chi connectivity index (χ1n) is 16.8. The minimum atomic E-state index is 0.640. The summed E-state index contributed by atoms with van der Waals surface area (Å²) in [5.41, 5.74) is 11.3. The number of fused-ring (bicyclic) bond motifs is 6. The molecule has 0 aliphatic carbocycles. The first kappa shape index (κ1) is 28.2. The Kier molecular flexibility index (Phi) is 6.42. The SMILES string of the molecule is c1ccc(-c2cc(-c3ccccc3)nc(-n3c4ccccc4c4cc(-c5cnc6c(c5)c5ccccc5n6-c5ccccc5)ccc43)n2)cc1. The predicted octanol–water partition coefficient (Wildman–Crippen LogP) is 11.1. The smallest absolute Gasteiger partial charge is 0.235 e. The number of aromatic nitrogens is 5. The lowest BCUT2D eigenvalue weighted by molar-refractivity contribution is 0.995. The van der Waals surface area contributed by atoms with E-state index in [1.54, 1.807) is 0 Å². The van der Waals surface area contributed by atoms with Crippen LogP contribution in [0.4, 0.5) is 0 Å². The van der Waals surface area contributed by atoms with Gasteiger partial charge >= 0.3 is 0 Å². The van der Waals surface area contributed by atoms with Crippen molar-refractivity contribution < 1.29 is 0 Å². The molecule has 0 amide bonds. The molecule has 0 unspecified atom stereocenters. The van der Waals surface area contributed by atoms with Gasteiger partial charge in [0, 0.05) is 50.1 Å². The third kappa shape index (κ3) is 4.52. The second-order valence-corrected chi connectivity index (χ2v) is 12.5. The van der Waals surface area contributed by atoms with Gasteiger partial charge in [0.15, 0.2) is 0 Å². The Morgan fingerprint density at radius 2 is 0.880 bits per heavy atom. The van der Waals surface area contributed by atoms with E-state index in [1.807, 2.05) is 48.7 Å². The van der Waals surface area contributed by atoms with Crippen molar-refractivity contribution in [1.29, 1.82) is 0 Å². The van der Waals surface area contributed by atoms with E-state index in [1.165, 1.54) is 5.39 Å². The number of benzene rings is 6. The summed E-state index contributed by atoms with van der Waals surface area (Å²) in [6, 6.07) is 59.2. The molecular weight excluding hydrogens is 611 g/mol. The molecule has 0 aliphatic heterocycles. The van der Waals surface area contributed by atoms with Gasteiger partial charge in [-0.15, -0.1) is 0 Å². The second kappa shape index (κ2) is 11.4. The van der Waals surface area contributed by atoms with Crippen molar-refractivity contribution in [1.82, 2.24) is 24.1 Å². The molecule has 6 aromatic carbocycles. The van der Waals surface area contributed by atoms with Gasteiger partial charge < -0.3 is 0 Å². The molecule has 0 saturated carbocycles. The van der Waals surface area contributed by atoms with Crippen molar-refractivity contribution in [2.45, 2.75) is 0 Å². The summed E-state index contributed by atoms with van der Waals surface area (Å²) >= 11 is 0. The third-order valence-electron chi connectivity index (χ3n) is 9.59. The van der Waals surface area contributed by atoms with Crippen molar-refractivity contribution in [2.24, 2.45) is 0 Å². The monoisotopic (exact) mass is 639 g/mol. The van der Waals surface area contributed by atoms with Crippen molar-refractivity contribution in [3.8, 4) is 45.3 Å². The maximum Gasteiger partial charge on any atom is 0.235 e. The molecule has 5 heteroatoms. The van der Waals surface area contributed by atoms with Gasteiger partial charge in [-0.1, -0.05) is 121 Å². The molecule has 4 heterocycles. The van der Waals surface area contributed by atoms with Crippen LogP contribution in [0.25, 0.3) is 89.0 Å². The van der Waals surface area contributed by atoms with Crippen LogP contribution in [0.2, 0.25) is 0 Å². The van der Waals surface area contributed by atoms with Gasteiger partial charge in [-0.3, -0.25) is 9.13 Å². The van der Waals surface area contributed by atoms with Crippen LogP contribution < -0.4 is 0 Å². The molecule has 10 aromatic rings. The van der Waals surface area contributed by atoms with Gasteiger partial charge in [-0.05, 0) is 54.1 Å². The molecule has 0 atom stereocenters. The molecule has 234 valence electrons. The molecule has 10 rings (SSSR count). The van der Waals surface area contributed by atoms with Crippen LogP contribution in [0.15, 0.2) is 176 Å². The van der Waals surface area contributed by atoms with Crippen LogP contribution in [-0.4, -0.2) is 24.1 Å². The van der Waals surface area contributed by atoms with Gasteiger partial charge in [0.2, 0.25) is 5.95 Å². The molecule has 4 aromatic heterocycles. The van der Waals surface area contributed by atoms with E-state index >= 15 is 0 Å². The van der Waals surface area contributed by atoms with Crippen LogP contribution >= 0.6 is 0 Å². The Bertz CT molecular complexity index is 2800. The molecule has 0 saturated heterocycles. The maximum atomic E-state index is 5.18. The van der Waals surface area contributed by atoms with Gasteiger partial charge in [0.25, 0.3) is 0 Å². The van der Waals surface area contributed by atoms with E-state index in [-0.39, 0.29) is 0 Å². The van der Waals surface area contributed by atoms with Crippen LogP contribution in [-0.2, 0) is 0 Å². The molecule has 0 radical (unpaired) electrons. The number of rotatable bonds is 5. The Morgan fingerprint density at radius 1 is 0.360 bits per heavy atom. The van der Waals surface area contributed by atoms with Crippen molar-refractivity contribution in [2.75, 3.05) is 0 Å². The van der Waals surface area contributed by atoms with Crippen molar-refractivity contribution >= 4 is 43.7 Å². The highest BCUT2D eigenvalue weighted by Gasteiger charge is 2.19. The van der Waals surface area contributed by atoms with Gasteiger partial charge in [0.05, 0.1) is 27.9 Å². The Labute approximate surface area is 288 Å². The summed E-state index contributed by atoms with van der Waals surface area (Å²) in [6.45, 7) is 0. The van der Waals surface area contributed by atoms with E-state index in [0.717, 1.165) is 77.7 Å². The third-order valence-corrected chi connectivity index (χ3v) is 9.59. The fraction of sp³-hybridized carbons (Fsp3) is 0. The van der Waals surface area contributed by atoms with E-state index in [2.05, 4.69) is 137 Å². The lowest BCUT2D eigenvalue weighted by Crippen LogP contribution is -2.03. The summed E-state index contributed by atoms with van der Waals surface area (Å²) in [4.78, 5) is 15.4. The Balaban J connectivity index is 1.17. The number of pyridine rings is 1. The van der Waals surface area contributed by atoms with Crippen molar-refractivity contribution in [3.63, 3.8) is 0 Å².